The summed E-state index contributed by atoms with van der Waals surface area (Å²) < 4.78 is 23.7. The number of benzene rings is 4. The Hall–Kier alpha value is -7.36. The molecule has 2 N–H and O–H groups in total. The first-order chi connectivity index (χ1) is 37.6. The Kier molecular flexibility index (Phi) is 20.8. The molecule has 7 rings (SSSR count). The smallest absolute Gasteiger partial charge is 0.329 e. The number of imide groups is 2. The van der Waals surface area contributed by atoms with Gasteiger partial charge in [0.2, 0.25) is 23.6 Å². The first kappa shape index (κ1) is 58.3. The van der Waals surface area contributed by atoms with Crippen LogP contribution in [0.25, 0.3) is 0 Å². The highest BCUT2D eigenvalue weighted by atomic mass is 16.5. The van der Waals surface area contributed by atoms with E-state index in [4.69, 9.17) is 18.9 Å². The number of carbonyl (C=O) groups is 8. The number of nitrogens with zero attached hydrogens (tertiary/aromatic N) is 2. The summed E-state index contributed by atoms with van der Waals surface area (Å²) in [5.41, 5.74) is 6.58. The Morgan fingerprint density at radius 2 is 1.53 bits per heavy atom. The molecule has 0 aliphatic carbocycles. The van der Waals surface area contributed by atoms with Crippen LogP contribution >= 0.6 is 0 Å². The predicted molar refractivity (Wildman–Crippen MR) is 293 cm³/mol. The first-order valence-corrected chi connectivity index (χ1v) is 27.8. The standard InChI is InChI=1S/C62H76N4O12/c1-7-48(45-34-41(4)57(76-6)53(36-45)75-5)59(71)65-32-16-14-24-51(65)62(74)78-52(29-27-42-26-25-39(2)40(3)33-42)43-19-17-22-47(35-43)77-38-46(67)21-13-11-9-8-10-12-15-31-63-55(69)37-44-20-18-23-49-56(44)61(73)66(60(49)72)50-28-30-54(68)64-58(50)70/h17-20,22-23,25-26,33-36,48,50-52H,7-16,21,24,27-32,37-38H2,1-6H3,(H,63,69)(H,64,68,70)/t48-,50?,51-,52?/m0/s1. The van der Waals surface area contributed by atoms with Gasteiger partial charge in [-0.2, -0.15) is 0 Å². The third-order valence-corrected chi connectivity index (χ3v) is 15.4. The van der Waals surface area contributed by atoms with Crippen molar-refractivity contribution in [3.63, 3.8) is 0 Å². The summed E-state index contributed by atoms with van der Waals surface area (Å²) in [5, 5.41) is 5.10. The fourth-order valence-electron chi connectivity index (χ4n) is 10.9. The largest absolute Gasteiger partial charge is 0.493 e. The maximum atomic E-state index is 14.5. The number of esters is 1. The maximum Gasteiger partial charge on any atom is 0.329 e. The van der Waals surface area contributed by atoms with Crippen molar-refractivity contribution < 1.29 is 57.3 Å². The maximum absolute atomic E-state index is 14.5. The lowest BCUT2D eigenvalue weighted by Crippen LogP contribution is -2.54. The number of piperidine rings is 2. The van der Waals surface area contributed by atoms with E-state index in [1.54, 1.807) is 37.3 Å². The second kappa shape index (κ2) is 27.8. The average molecular weight is 1070 g/mol. The van der Waals surface area contributed by atoms with Gasteiger partial charge in [0.05, 0.1) is 37.7 Å². The summed E-state index contributed by atoms with van der Waals surface area (Å²) in [6, 6.07) is 20.5. The Morgan fingerprint density at radius 1 is 0.769 bits per heavy atom. The zero-order chi connectivity index (χ0) is 55.9. The normalized spacial score (nSPS) is 17.0. The highest BCUT2D eigenvalue weighted by molar-refractivity contribution is 6.24. The Balaban J connectivity index is 0.848. The number of Topliss-reactive ketones (excluding diaryl/α,β-unsaturated/α-hetero) is 1. The summed E-state index contributed by atoms with van der Waals surface area (Å²) in [4.78, 5) is 108. The Labute approximate surface area is 458 Å². The molecule has 0 spiro atoms. The molecule has 2 fully saturated rings. The van der Waals surface area contributed by atoms with Gasteiger partial charge in [-0.25, -0.2) is 4.79 Å². The van der Waals surface area contributed by atoms with Crippen LogP contribution < -0.4 is 24.8 Å². The molecule has 16 nitrogen and oxygen atoms in total. The minimum atomic E-state index is -1.08. The van der Waals surface area contributed by atoms with Crippen LogP contribution in [0.2, 0.25) is 0 Å². The van der Waals surface area contributed by atoms with Crippen molar-refractivity contribution in [3.05, 3.63) is 123 Å². The SMILES string of the molecule is CC[C@H](C(=O)N1CCCC[C@H]1C(=O)OC(CCc1ccc(C)c(C)c1)c1cccc(OCC(=O)CCCCCCCCCNC(=O)Cc2cccc3c2C(=O)N(C2CCC(=O)NC2=O)C3=O)c1)c1cc(C)c(OC)c(OC)c1. The summed E-state index contributed by atoms with van der Waals surface area (Å²) in [5.74, 6) is -2.04. The molecule has 3 aliphatic rings. The van der Waals surface area contributed by atoms with E-state index >= 15 is 0 Å². The van der Waals surface area contributed by atoms with Crippen molar-refractivity contribution in [3.8, 4) is 17.2 Å². The number of rotatable bonds is 27. The van der Waals surface area contributed by atoms with Crippen molar-refractivity contribution in [1.29, 1.82) is 0 Å². The van der Waals surface area contributed by atoms with Gasteiger partial charge in [-0.05, 0) is 142 Å². The summed E-state index contributed by atoms with van der Waals surface area (Å²) in [6.45, 7) is 8.89. The summed E-state index contributed by atoms with van der Waals surface area (Å²) >= 11 is 0. The van der Waals surface area contributed by atoms with Gasteiger partial charge in [-0.3, -0.25) is 43.8 Å². The van der Waals surface area contributed by atoms with Gasteiger partial charge in [0, 0.05) is 25.9 Å². The molecule has 3 aliphatic heterocycles. The zero-order valence-corrected chi connectivity index (χ0v) is 46.2. The molecule has 0 saturated carbocycles. The molecule has 3 heterocycles. The lowest BCUT2D eigenvalue weighted by molar-refractivity contribution is -0.162. The van der Waals surface area contributed by atoms with Crippen molar-refractivity contribution >= 4 is 47.2 Å². The van der Waals surface area contributed by atoms with Gasteiger partial charge in [-0.15, -0.1) is 0 Å². The van der Waals surface area contributed by atoms with Gasteiger partial charge in [-0.1, -0.05) is 87.6 Å². The predicted octanol–water partition coefficient (Wildman–Crippen LogP) is 9.25. The lowest BCUT2D eigenvalue weighted by Gasteiger charge is -2.37. The van der Waals surface area contributed by atoms with E-state index < -0.39 is 53.7 Å². The fourth-order valence-corrected chi connectivity index (χ4v) is 10.9. The van der Waals surface area contributed by atoms with E-state index in [0.29, 0.717) is 68.0 Å². The van der Waals surface area contributed by atoms with Crippen LogP contribution in [0.1, 0.15) is 175 Å². The van der Waals surface area contributed by atoms with Crippen molar-refractivity contribution in [1.82, 2.24) is 20.4 Å². The lowest BCUT2D eigenvalue weighted by atomic mass is 9.91. The molecule has 4 aromatic rings. The molecule has 0 aromatic heterocycles. The number of aryl methyl sites for hydroxylation is 4. The van der Waals surface area contributed by atoms with Gasteiger partial charge < -0.3 is 29.2 Å². The number of methoxy groups -OCH3 is 2. The zero-order valence-electron chi connectivity index (χ0n) is 46.2. The Bertz CT molecular complexity index is 2860. The monoisotopic (exact) mass is 1070 g/mol. The van der Waals surface area contributed by atoms with Crippen molar-refractivity contribution in [2.45, 2.75) is 161 Å². The molecular weight excluding hydrogens is 993 g/mol. The number of nitrogens with one attached hydrogen (secondary N) is 2. The minimum absolute atomic E-state index is 0.00684. The minimum Gasteiger partial charge on any atom is -0.493 e. The molecule has 4 aromatic carbocycles. The van der Waals surface area contributed by atoms with E-state index in [0.717, 1.165) is 84.9 Å². The number of carbonyl (C=O) groups excluding carboxylic acids is 8. The number of ketones is 1. The van der Waals surface area contributed by atoms with Crippen molar-refractivity contribution in [2.24, 2.45) is 0 Å². The van der Waals surface area contributed by atoms with Crippen LogP contribution in [0.5, 0.6) is 17.2 Å². The van der Waals surface area contributed by atoms with E-state index in [1.165, 1.54) is 17.2 Å². The summed E-state index contributed by atoms with van der Waals surface area (Å²) in [6.07, 6.45) is 9.74. The molecule has 416 valence electrons. The quantitative estimate of drug-likeness (QED) is 0.0326. The van der Waals surface area contributed by atoms with Gasteiger partial charge >= 0.3 is 5.97 Å². The van der Waals surface area contributed by atoms with Crippen LogP contribution in [0, 0.1) is 20.8 Å². The molecule has 4 atom stereocenters. The van der Waals surface area contributed by atoms with Crippen LogP contribution in [-0.4, -0.2) is 103 Å². The number of hydrogen-bond acceptors (Lipinski definition) is 12. The number of amides is 6. The van der Waals surface area contributed by atoms with E-state index in [-0.39, 0.29) is 54.6 Å². The van der Waals surface area contributed by atoms with Crippen molar-refractivity contribution in [2.75, 3.05) is 33.9 Å². The van der Waals surface area contributed by atoms with Gasteiger partial charge in [0.25, 0.3) is 11.8 Å². The number of fused-ring (bicyclic) bond motifs is 1. The first-order valence-electron chi connectivity index (χ1n) is 27.8. The molecule has 0 bridgehead atoms. The molecule has 6 amide bonds. The van der Waals surface area contributed by atoms with Crippen LogP contribution in [-0.2, 0) is 46.3 Å². The van der Waals surface area contributed by atoms with Crippen LogP contribution in [0.15, 0.2) is 72.8 Å². The number of unbranched alkanes of at least 4 members (excludes halogenated alkanes) is 6. The fraction of sp³-hybridized carbons (Fsp3) is 0.484. The van der Waals surface area contributed by atoms with E-state index in [2.05, 4.69) is 42.7 Å². The van der Waals surface area contributed by atoms with Gasteiger partial charge in [0.1, 0.15) is 30.5 Å². The highest BCUT2D eigenvalue weighted by Gasteiger charge is 2.46. The molecule has 0 radical (unpaired) electrons. The molecular formula is C62H76N4O12. The second-order valence-electron chi connectivity index (χ2n) is 20.9. The number of hydrogen-bond donors (Lipinski definition) is 2. The van der Waals surface area contributed by atoms with E-state index in [1.807, 2.05) is 44.2 Å². The third-order valence-electron chi connectivity index (χ3n) is 15.4. The van der Waals surface area contributed by atoms with E-state index in [9.17, 15) is 38.4 Å². The molecule has 78 heavy (non-hydrogen) atoms. The number of likely N-dealkylation sites (tertiary alicyclic amines) is 1. The Morgan fingerprint density at radius 3 is 2.26 bits per heavy atom. The molecule has 2 unspecified atom stereocenters. The topological polar surface area (TPSA) is 204 Å². The van der Waals surface area contributed by atoms with Gasteiger partial charge in [0.15, 0.2) is 17.3 Å². The average Bonchev–Trinajstić information content (AvgIpc) is 3.73. The third kappa shape index (κ3) is 14.6. The summed E-state index contributed by atoms with van der Waals surface area (Å²) in [7, 11) is 3.17. The molecule has 16 heteroatoms. The molecule has 2 saturated heterocycles. The van der Waals surface area contributed by atoms with Crippen LogP contribution in [0.3, 0.4) is 0 Å². The highest BCUT2D eigenvalue weighted by Crippen LogP contribution is 2.38. The van der Waals surface area contributed by atoms with Crippen LogP contribution in [0.4, 0.5) is 0 Å². The number of ether oxygens (including phenoxy) is 4. The second-order valence-corrected chi connectivity index (χ2v) is 20.9.